The molecular weight excluding hydrogens is 114 g/mol. The minimum Gasteiger partial charge on any atom is -0.319 e. The molecule has 9 heavy (non-hydrogen) atoms. The maximum atomic E-state index is 10.5. The highest BCUT2D eigenvalue weighted by atomic mass is 16.1. The van der Waals surface area contributed by atoms with E-state index in [1.165, 1.54) is 0 Å². The van der Waals surface area contributed by atoms with Gasteiger partial charge in [0.1, 0.15) is 5.78 Å². The van der Waals surface area contributed by atoms with Crippen LogP contribution in [0.5, 0.6) is 0 Å². The van der Waals surface area contributed by atoms with Gasteiger partial charge in [-0.1, -0.05) is 6.92 Å². The van der Waals surface area contributed by atoms with Gasteiger partial charge in [-0.3, -0.25) is 0 Å². The highest BCUT2D eigenvalue weighted by Gasteiger charge is 2.02. The predicted octanol–water partition coefficient (Wildman–Crippen LogP) is 0.821. The molecule has 0 amide bonds. The average Bonchev–Trinajstić information content (AvgIpc) is 1.63. The monoisotopic (exact) mass is 129 g/mol. The summed E-state index contributed by atoms with van der Waals surface area (Å²) in [6.07, 6.45) is 0.695. The molecule has 1 N–H and O–H groups in total. The summed E-state index contributed by atoms with van der Waals surface area (Å²) in [6.45, 7) is 4.63. The summed E-state index contributed by atoms with van der Waals surface area (Å²) < 4.78 is 0. The van der Waals surface area contributed by atoms with Gasteiger partial charge in [0.2, 0.25) is 0 Å². The number of carbonyl (C=O) groups excluding carboxylic acids is 1. The number of hydrogen-bond donors (Lipinski definition) is 1. The van der Waals surface area contributed by atoms with Gasteiger partial charge >= 0.3 is 0 Å². The Morgan fingerprint density at radius 1 is 1.67 bits per heavy atom. The molecule has 0 aliphatic rings. The van der Waals surface area contributed by atoms with Crippen LogP contribution in [0.25, 0.3) is 0 Å². The van der Waals surface area contributed by atoms with Crippen molar-refractivity contribution in [1.29, 1.82) is 0 Å². The van der Waals surface area contributed by atoms with Crippen molar-refractivity contribution in [3.63, 3.8) is 0 Å². The zero-order chi connectivity index (χ0) is 7.28. The van der Waals surface area contributed by atoms with Gasteiger partial charge < -0.3 is 10.1 Å². The van der Waals surface area contributed by atoms with Crippen LogP contribution in [-0.4, -0.2) is 19.4 Å². The van der Waals surface area contributed by atoms with Gasteiger partial charge in [0.15, 0.2) is 0 Å². The lowest BCUT2D eigenvalue weighted by molar-refractivity contribution is -0.117. The van der Waals surface area contributed by atoms with Crippen molar-refractivity contribution >= 4 is 5.78 Å². The van der Waals surface area contributed by atoms with Crippen molar-refractivity contribution in [3.05, 3.63) is 0 Å². The second-order valence-corrected chi connectivity index (χ2v) is 2.57. The third kappa shape index (κ3) is 5.50. The molecule has 0 fully saturated rings. The molecule has 0 aromatic carbocycles. The molecule has 1 atom stereocenters. The fourth-order valence-corrected chi connectivity index (χ4v) is 0.911. The van der Waals surface area contributed by atoms with Crippen LogP contribution in [0.1, 0.15) is 20.3 Å². The van der Waals surface area contributed by atoms with Crippen LogP contribution in [-0.2, 0) is 4.79 Å². The molecule has 2 nitrogen and oxygen atoms in total. The average molecular weight is 129 g/mol. The van der Waals surface area contributed by atoms with Crippen LogP contribution in [0.3, 0.4) is 0 Å². The molecule has 0 rings (SSSR count). The third-order valence-corrected chi connectivity index (χ3v) is 1.19. The van der Waals surface area contributed by atoms with Crippen molar-refractivity contribution in [3.8, 4) is 0 Å². The van der Waals surface area contributed by atoms with Crippen molar-refractivity contribution in [1.82, 2.24) is 5.32 Å². The Morgan fingerprint density at radius 3 is 2.56 bits per heavy atom. The lowest BCUT2D eigenvalue weighted by Gasteiger charge is -2.06. The first-order valence-corrected chi connectivity index (χ1v) is 3.31. The maximum Gasteiger partial charge on any atom is 0.130 e. The van der Waals surface area contributed by atoms with E-state index in [0.29, 0.717) is 12.3 Å². The molecule has 0 aliphatic carbocycles. The number of carbonyl (C=O) groups is 1. The molecular formula is C7H15NO. The second-order valence-electron chi connectivity index (χ2n) is 2.57. The maximum absolute atomic E-state index is 10.5. The van der Waals surface area contributed by atoms with Crippen LogP contribution < -0.4 is 5.32 Å². The third-order valence-electron chi connectivity index (χ3n) is 1.19. The van der Waals surface area contributed by atoms with Crippen LogP contribution in [0.15, 0.2) is 0 Å². The minimum atomic E-state index is 0.276. The zero-order valence-corrected chi connectivity index (χ0v) is 6.40. The summed E-state index contributed by atoms with van der Waals surface area (Å²) in [5, 5.41) is 3.02. The fraction of sp³-hybridized carbons (Fsp3) is 0.857. The van der Waals surface area contributed by atoms with Crippen molar-refractivity contribution in [2.45, 2.75) is 20.3 Å². The smallest absolute Gasteiger partial charge is 0.130 e. The van der Waals surface area contributed by atoms with Crippen LogP contribution in [0, 0.1) is 5.92 Å². The molecule has 0 spiro atoms. The standard InChI is InChI=1S/C7H15NO/c1-6(5-8-3)4-7(2)9/h6,8H,4-5H2,1-3H3/t6-/m1/s1. The van der Waals surface area contributed by atoms with E-state index in [1.807, 2.05) is 7.05 Å². The first-order valence-electron chi connectivity index (χ1n) is 3.31. The number of ketones is 1. The van der Waals surface area contributed by atoms with E-state index >= 15 is 0 Å². The molecule has 0 aliphatic heterocycles. The van der Waals surface area contributed by atoms with Gasteiger partial charge in [0.05, 0.1) is 0 Å². The van der Waals surface area contributed by atoms with E-state index in [4.69, 9.17) is 0 Å². The lowest BCUT2D eigenvalue weighted by Crippen LogP contribution is -2.17. The minimum absolute atomic E-state index is 0.276. The summed E-state index contributed by atoms with van der Waals surface area (Å²) in [5.41, 5.74) is 0. The Bertz CT molecular complexity index is 90.9. The number of hydrogen-bond acceptors (Lipinski definition) is 2. The van der Waals surface area contributed by atoms with Crippen molar-refractivity contribution < 1.29 is 4.79 Å². The summed E-state index contributed by atoms with van der Waals surface area (Å²) in [4.78, 5) is 10.5. The Labute approximate surface area is 56.6 Å². The number of rotatable bonds is 4. The summed E-state index contributed by atoms with van der Waals surface area (Å²) >= 11 is 0. The molecule has 0 unspecified atom stereocenters. The first kappa shape index (κ1) is 8.63. The SMILES string of the molecule is CNC[C@H](C)CC(C)=O. The van der Waals surface area contributed by atoms with Crippen molar-refractivity contribution in [2.75, 3.05) is 13.6 Å². The molecule has 0 heterocycles. The topological polar surface area (TPSA) is 29.1 Å². The van der Waals surface area contributed by atoms with E-state index in [1.54, 1.807) is 6.92 Å². The quantitative estimate of drug-likeness (QED) is 0.609. The Hall–Kier alpha value is -0.370. The fourth-order valence-electron chi connectivity index (χ4n) is 0.911. The molecule has 0 radical (unpaired) electrons. The second kappa shape index (κ2) is 4.50. The highest BCUT2D eigenvalue weighted by molar-refractivity contribution is 5.75. The summed E-state index contributed by atoms with van der Waals surface area (Å²) in [6, 6.07) is 0. The van der Waals surface area contributed by atoms with Crippen LogP contribution >= 0.6 is 0 Å². The van der Waals surface area contributed by atoms with Gasteiger partial charge in [-0.2, -0.15) is 0 Å². The number of nitrogens with one attached hydrogen (secondary N) is 1. The Balaban J connectivity index is 3.26. The molecule has 54 valence electrons. The molecule has 0 aromatic heterocycles. The first-order chi connectivity index (χ1) is 4.16. The van der Waals surface area contributed by atoms with Gasteiger partial charge in [-0.15, -0.1) is 0 Å². The predicted molar refractivity (Wildman–Crippen MR) is 38.4 cm³/mol. The highest BCUT2D eigenvalue weighted by Crippen LogP contribution is 1.98. The van der Waals surface area contributed by atoms with E-state index < -0.39 is 0 Å². The summed E-state index contributed by atoms with van der Waals surface area (Å²) in [5.74, 6) is 0.755. The molecule has 0 aromatic rings. The van der Waals surface area contributed by atoms with E-state index in [0.717, 1.165) is 6.54 Å². The molecule has 2 heteroatoms. The lowest BCUT2D eigenvalue weighted by atomic mass is 10.1. The van der Waals surface area contributed by atoms with Gasteiger partial charge in [-0.05, 0) is 26.4 Å². The Morgan fingerprint density at radius 2 is 2.22 bits per heavy atom. The van der Waals surface area contributed by atoms with E-state index in [-0.39, 0.29) is 5.78 Å². The summed E-state index contributed by atoms with van der Waals surface area (Å²) in [7, 11) is 1.90. The van der Waals surface area contributed by atoms with Gasteiger partial charge in [-0.25, -0.2) is 0 Å². The van der Waals surface area contributed by atoms with Crippen molar-refractivity contribution in [2.24, 2.45) is 5.92 Å². The normalized spacial score (nSPS) is 13.2. The molecule has 0 saturated carbocycles. The number of Topliss-reactive ketones (excluding diaryl/α,β-unsaturated/α-hetero) is 1. The Kier molecular flexibility index (Phi) is 4.32. The van der Waals surface area contributed by atoms with E-state index in [9.17, 15) is 4.79 Å². The van der Waals surface area contributed by atoms with Gasteiger partial charge in [0.25, 0.3) is 0 Å². The van der Waals surface area contributed by atoms with Crippen LogP contribution in [0.4, 0.5) is 0 Å². The van der Waals surface area contributed by atoms with Crippen LogP contribution in [0.2, 0.25) is 0 Å². The largest absolute Gasteiger partial charge is 0.319 e. The molecule has 0 saturated heterocycles. The zero-order valence-electron chi connectivity index (χ0n) is 6.40. The van der Waals surface area contributed by atoms with E-state index in [2.05, 4.69) is 12.2 Å². The van der Waals surface area contributed by atoms with Gasteiger partial charge in [0, 0.05) is 6.42 Å². The molecule has 0 bridgehead atoms.